The van der Waals surface area contributed by atoms with Crippen LogP contribution in [0.3, 0.4) is 0 Å². The van der Waals surface area contributed by atoms with Crippen molar-refractivity contribution in [1.82, 2.24) is 0 Å². The second-order valence-electron chi connectivity index (χ2n) is 2.50. The third-order valence-corrected chi connectivity index (χ3v) is 1.83. The Labute approximate surface area is 76.7 Å². The monoisotopic (exact) mass is 180 g/mol. The third-order valence-electron chi connectivity index (χ3n) is 1.60. The van der Waals surface area contributed by atoms with E-state index >= 15 is 0 Å². The Hall–Kier alpha value is -1.08. The van der Waals surface area contributed by atoms with Crippen molar-refractivity contribution in [2.75, 3.05) is 0 Å². The van der Waals surface area contributed by atoms with Crippen molar-refractivity contribution in [2.45, 2.75) is 6.92 Å². The number of aryl methyl sites for hydroxylation is 1. The topological polar surface area (TPSA) is 17.1 Å². The van der Waals surface area contributed by atoms with E-state index in [1.54, 1.807) is 6.08 Å². The lowest BCUT2D eigenvalue weighted by atomic mass is 10.1. The predicted molar refractivity (Wildman–Crippen MR) is 51.3 cm³/mol. The van der Waals surface area contributed by atoms with E-state index in [2.05, 4.69) is 0 Å². The summed E-state index contributed by atoms with van der Waals surface area (Å²) in [4.78, 5) is 10.1. The molecule has 0 heterocycles. The minimum absolute atomic E-state index is 0.686. The molecule has 0 aromatic heterocycles. The minimum Gasteiger partial charge on any atom is -0.299 e. The maximum atomic E-state index is 10.1. The first kappa shape index (κ1) is 9.01. The molecule has 12 heavy (non-hydrogen) atoms. The SMILES string of the molecule is Cc1ccc(Cl)cc1/C=C/C=O. The Morgan fingerprint density at radius 1 is 1.42 bits per heavy atom. The van der Waals surface area contributed by atoms with Crippen LogP contribution in [-0.4, -0.2) is 6.29 Å². The Kier molecular flexibility index (Phi) is 3.06. The number of rotatable bonds is 2. The molecule has 0 fully saturated rings. The van der Waals surface area contributed by atoms with E-state index in [4.69, 9.17) is 11.6 Å². The summed E-state index contributed by atoms with van der Waals surface area (Å²) in [5.41, 5.74) is 2.09. The summed E-state index contributed by atoms with van der Waals surface area (Å²) >= 11 is 5.77. The molecule has 2 heteroatoms. The van der Waals surface area contributed by atoms with Gasteiger partial charge in [-0.15, -0.1) is 0 Å². The van der Waals surface area contributed by atoms with Crippen LogP contribution in [0.1, 0.15) is 11.1 Å². The van der Waals surface area contributed by atoms with E-state index in [1.807, 2.05) is 25.1 Å². The standard InChI is InChI=1S/C10H9ClO/c1-8-4-5-10(11)7-9(8)3-2-6-12/h2-7H,1H3/b3-2+. The van der Waals surface area contributed by atoms with Crippen molar-refractivity contribution in [3.63, 3.8) is 0 Å². The summed E-state index contributed by atoms with van der Waals surface area (Å²) in [7, 11) is 0. The molecule has 1 aromatic carbocycles. The molecule has 1 aromatic rings. The Morgan fingerprint density at radius 3 is 2.83 bits per heavy atom. The van der Waals surface area contributed by atoms with Gasteiger partial charge in [0.1, 0.15) is 6.29 Å². The van der Waals surface area contributed by atoms with Crippen molar-refractivity contribution in [1.29, 1.82) is 0 Å². The first-order valence-electron chi connectivity index (χ1n) is 3.62. The van der Waals surface area contributed by atoms with E-state index in [0.717, 1.165) is 17.4 Å². The largest absolute Gasteiger partial charge is 0.299 e. The third kappa shape index (κ3) is 2.21. The van der Waals surface area contributed by atoms with Gasteiger partial charge in [-0.25, -0.2) is 0 Å². The van der Waals surface area contributed by atoms with Crippen LogP contribution in [0.5, 0.6) is 0 Å². The fourth-order valence-electron chi connectivity index (χ4n) is 0.934. The average molecular weight is 181 g/mol. The summed E-state index contributed by atoms with van der Waals surface area (Å²) in [6.07, 6.45) is 3.95. The molecule has 0 radical (unpaired) electrons. The first-order valence-corrected chi connectivity index (χ1v) is 4.00. The van der Waals surface area contributed by atoms with Crippen molar-refractivity contribution >= 4 is 24.0 Å². The Bertz CT molecular complexity index is 316. The van der Waals surface area contributed by atoms with Crippen LogP contribution in [0.2, 0.25) is 5.02 Å². The van der Waals surface area contributed by atoms with Gasteiger partial charge in [-0.2, -0.15) is 0 Å². The smallest absolute Gasteiger partial charge is 0.142 e. The first-order chi connectivity index (χ1) is 5.74. The van der Waals surface area contributed by atoms with Gasteiger partial charge in [-0.3, -0.25) is 4.79 Å². The lowest BCUT2D eigenvalue weighted by Gasteiger charge is -1.98. The molecule has 0 bridgehead atoms. The van der Waals surface area contributed by atoms with E-state index in [1.165, 1.54) is 6.08 Å². The van der Waals surface area contributed by atoms with Gasteiger partial charge in [0.2, 0.25) is 0 Å². The fraction of sp³-hybridized carbons (Fsp3) is 0.100. The van der Waals surface area contributed by atoms with E-state index in [-0.39, 0.29) is 0 Å². The van der Waals surface area contributed by atoms with Crippen LogP contribution in [0.15, 0.2) is 24.3 Å². The molecular weight excluding hydrogens is 172 g/mol. The van der Waals surface area contributed by atoms with Crippen molar-refractivity contribution in [3.8, 4) is 0 Å². The molecule has 62 valence electrons. The Balaban J connectivity index is 3.04. The molecule has 1 rings (SSSR count). The van der Waals surface area contributed by atoms with Crippen LogP contribution in [0.25, 0.3) is 6.08 Å². The normalized spacial score (nSPS) is 10.5. The molecule has 0 atom stereocenters. The molecule has 0 aliphatic heterocycles. The quantitative estimate of drug-likeness (QED) is 0.505. The molecular formula is C10H9ClO. The number of benzene rings is 1. The highest BCUT2D eigenvalue weighted by Gasteiger charge is 1.94. The molecule has 0 saturated heterocycles. The van der Waals surface area contributed by atoms with Crippen LogP contribution >= 0.6 is 11.6 Å². The summed E-state index contributed by atoms with van der Waals surface area (Å²) in [5, 5.41) is 0.686. The molecule has 0 aliphatic rings. The molecule has 0 aliphatic carbocycles. The molecule has 0 amide bonds. The summed E-state index contributed by atoms with van der Waals surface area (Å²) in [6.45, 7) is 1.97. The van der Waals surface area contributed by atoms with Crippen LogP contribution in [-0.2, 0) is 4.79 Å². The van der Waals surface area contributed by atoms with Crippen molar-refractivity contribution in [2.24, 2.45) is 0 Å². The van der Waals surface area contributed by atoms with Gasteiger partial charge in [0.05, 0.1) is 0 Å². The van der Waals surface area contributed by atoms with Crippen molar-refractivity contribution < 1.29 is 4.79 Å². The lowest BCUT2D eigenvalue weighted by Crippen LogP contribution is -1.79. The number of hydrogen-bond donors (Lipinski definition) is 0. The number of halogens is 1. The predicted octanol–water partition coefficient (Wildman–Crippen LogP) is 2.86. The molecule has 0 spiro atoms. The number of allylic oxidation sites excluding steroid dienone is 1. The highest BCUT2D eigenvalue weighted by atomic mass is 35.5. The second-order valence-corrected chi connectivity index (χ2v) is 2.93. The average Bonchev–Trinajstić information content (AvgIpc) is 2.07. The van der Waals surface area contributed by atoms with Gasteiger partial charge in [-0.05, 0) is 36.3 Å². The van der Waals surface area contributed by atoms with Crippen LogP contribution in [0.4, 0.5) is 0 Å². The molecule has 1 nitrogen and oxygen atoms in total. The maximum absolute atomic E-state index is 10.1. The summed E-state index contributed by atoms with van der Waals surface area (Å²) in [5.74, 6) is 0. The van der Waals surface area contributed by atoms with E-state index in [9.17, 15) is 4.79 Å². The number of carbonyl (C=O) groups is 1. The zero-order valence-corrected chi connectivity index (χ0v) is 7.51. The molecule has 0 N–H and O–H groups in total. The highest BCUT2D eigenvalue weighted by Crippen LogP contribution is 2.16. The summed E-state index contributed by atoms with van der Waals surface area (Å²) < 4.78 is 0. The molecule has 0 saturated carbocycles. The highest BCUT2D eigenvalue weighted by molar-refractivity contribution is 6.30. The van der Waals surface area contributed by atoms with Crippen LogP contribution < -0.4 is 0 Å². The minimum atomic E-state index is 0.686. The maximum Gasteiger partial charge on any atom is 0.142 e. The molecule has 0 unspecified atom stereocenters. The number of hydrogen-bond acceptors (Lipinski definition) is 1. The van der Waals surface area contributed by atoms with Crippen molar-refractivity contribution in [3.05, 3.63) is 40.4 Å². The van der Waals surface area contributed by atoms with E-state index < -0.39 is 0 Å². The van der Waals surface area contributed by atoms with Crippen LogP contribution in [0, 0.1) is 6.92 Å². The second kappa shape index (κ2) is 4.07. The van der Waals surface area contributed by atoms with Gasteiger partial charge < -0.3 is 0 Å². The number of carbonyl (C=O) groups excluding carboxylic acids is 1. The Morgan fingerprint density at radius 2 is 2.17 bits per heavy atom. The van der Waals surface area contributed by atoms with Gasteiger partial charge in [0, 0.05) is 5.02 Å². The zero-order chi connectivity index (χ0) is 8.97. The number of aldehydes is 1. The van der Waals surface area contributed by atoms with Gasteiger partial charge in [0.15, 0.2) is 0 Å². The summed E-state index contributed by atoms with van der Waals surface area (Å²) in [6, 6.07) is 5.58. The van der Waals surface area contributed by atoms with Gasteiger partial charge in [0.25, 0.3) is 0 Å². The van der Waals surface area contributed by atoms with E-state index in [0.29, 0.717) is 5.02 Å². The fourth-order valence-corrected chi connectivity index (χ4v) is 1.11. The lowest BCUT2D eigenvalue weighted by molar-refractivity contribution is -0.104. The van der Waals surface area contributed by atoms with Gasteiger partial charge >= 0.3 is 0 Å². The zero-order valence-electron chi connectivity index (χ0n) is 6.75. The van der Waals surface area contributed by atoms with Gasteiger partial charge in [-0.1, -0.05) is 23.7 Å².